The molecule has 0 amide bonds. The highest BCUT2D eigenvalue weighted by molar-refractivity contribution is 5.73. The third-order valence-electron chi connectivity index (χ3n) is 2.13. The molecule has 0 bridgehead atoms. The molecule has 0 spiro atoms. The van der Waals surface area contributed by atoms with Crippen LogP contribution in [0.2, 0.25) is 0 Å². The fraction of sp³-hybridized carbons (Fsp3) is 0.333. The van der Waals surface area contributed by atoms with Crippen molar-refractivity contribution in [1.82, 2.24) is 4.98 Å². The first-order valence-corrected chi connectivity index (χ1v) is 4.53. The molecule has 1 aromatic heterocycles. The van der Waals surface area contributed by atoms with Crippen LogP contribution in [-0.4, -0.2) is 32.4 Å². The highest BCUT2D eigenvalue weighted by Gasteiger charge is 2.34. The Morgan fingerprint density at radius 3 is 2.33 bits per heavy atom. The molecule has 0 fully saturated rings. The van der Waals surface area contributed by atoms with Crippen molar-refractivity contribution in [1.29, 1.82) is 0 Å². The number of aliphatic carboxylic acids is 1. The molecule has 9 heteroatoms. The number of halogens is 3. The van der Waals surface area contributed by atoms with Gasteiger partial charge in [-0.15, -0.1) is 0 Å². The van der Waals surface area contributed by atoms with Gasteiger partial charge in [0.05, 0.1) is 5.56 Å². The molecule has 1 heterocycles. The van der Waals surface area contributed by atoms with E-state index in [1.165, 1.54) is 0 Å². The van der Waals surface area contributed by atoms with Gasteiger partial charge in [0.2, 0.25) is 0 Å². The number of alkyl halides is 3. The van der Waals surface area contributed by atoms with E-state index >= 15 is 0 Å². The van der Waals surface area contributed by atoms with Crippen molar-refractivity contribution >= 4 is 5.97 Å². The standard InChI is InChI=1S/C9H8F3NO5/c10-9(11,12)3-1-4(7(16)13-2-3)5(14)6(15)8(17)18/h1-2,5-6,14-15H,(H,13,16)(H,17,18). The Morgan fingerprint density at radius 1 is 1.33 bits per heavy atom. The van der Waals surface area contributed by atoms with E-state index in [0.717, 1.165) is 0 Å². The maximum absolute atomic E-state index is 12.3. The van der Waals surface area contributed by atoms with Crippen LogP contribution in [-0.2, 0) is 11.0 Å². The second-order valence-electron chi connectivity index (χ2n) is 3.40. The average Bonchev–Trinajstić information content (AvgIpc) is 2.26. The van der Waals surface area contributed by atoms with Gasteiger partial charge < -0.3 is 20.3 Å². The van der Waals surface area contributed by atoms with E-state index in [1.807, 2.05) is 0 Å². The van der Waals surface area contributed by atoms with Gasteiger partial charge in [0, 0.05) is 11.8 Å². The molecular weight excluding hydrogens is 259 g/mol. The van der Waals surface area contributed by atoms with Crippen LogP contribution in [0.15, 0.2) is 17.1 Å². The normalized spacial score (nSPS) is 15.2. The number of carboxylic acids is 1. The first-order chi connectivity index (χ1) is 8.14. The van der Waals surface area contributed by atoms with Gasteiger partial charge in [-0.05, 0) is 6.07 Å². The molecule has 0 aromatic carbocycles. The van der Waals surface area contributed by atoms with E-state index in [4.69, 9.17) is 10.2 Å². The number of hydrogen-bond acceptors (Lipinski definition) is 4. The van der Waals surface area contributed by atoms with Crippen LogP contribution in [0.5, 0.6) is 0 Å². The molecule has 1 aromatic rings. The molecule has 0 aliphatic carbocycles. The zero-order chi connectivity index (χ0) is 14.1. The highest BCUT2D eigenvalue weighted by Crippen LogP contribution is 2.29. The molecule has 0 aliphatic rings. The van der Waals surface area contributed by atoms with Crippen LogP contribution < -0.4 is 5.56 Å². The molecule has 0 saturated carbocycles. The van der Waals surface area contributed by atoms with Crippen molar-refractivity contribution in [3.8, 4) is 0 Å². The van der Waals surface area contributed by atoms with Gasteiger partial charge in [-0.2, -0.15) is 13.2 Å². The van der Waals surface area contributed by atoms with Crippen molar-refractivity contribution in [3.05, 3.63) is 33.7 Å². The number of carboxylic acid groups (broad SMARTS) is 1. The Labute approximate surface area is 97.3 Å². The van der Waals surface area contributed by atoms with Crippen molar-refractivity contribution in [2.24, 2.45) is 0 Å². The Balaban J connectivity index is 3.24. The van der Waals surface area contributed by atoms with Crippen LogP contribution in [0, 0.1) is 0 Å². The number of aliphatic hydroxyl groups is 2. The Kier molecular flexibility index (Phi) is 3.77. The number of aliphatic hydroxyl groups excluding tert-OH is 2. The number of pyridine rings is 1. The molecule has 18 heavy (non-hydrogen) atoms. The van der Waals surface area contributed by atoms with E-state index < -0.39 is 41.0 Å². The lowest BCUT2D eigenvalue weighted by Gasteiger charge is -2.15. The quantitative estimate of drug-likeness (QED) is 0.610. The van der Waals surface area contributed by atoms with E-state index in [1.54, 1.807) is 4.98 Å². The van der Waals surface area contributed by atoms with E-state index in [2.05, 4.69) is 0 Å². The molecule has 2 unspecified atom stereocenters. The summed E-state index contributed by atoms with van der Waals surface area (Å²) in [6.45, 7) is 0. The van der Waals surface area contributed by atoms with Crippen LogP contribution in [0.3, 0.4) is 0 Å². The lowest BCUT2D eigenvalue weighted by molar-refractivity contribution is -0.153. The Bertz CT molecular complexity index is 510. The van der Waals surface area contributed by atoms with Crippen molar-refractivity contribution in [3.63, 3.8) is 0 Å². The lowest BCUT2D eigenvalue weighted by Crippen LogP contribution is -2.31. The predicted octanol–water partition coefficient (Wildman–Crippen LogP) is -0.127. The summed E-state index contributed by atoms with van der Waals surface area (Å²) >= 11 is 0. The molecule has 2 atom stereocenters. The number of aromatic amines is 1. The number of H-pyrrole nitrogens is 1. The zero-order valence-corrected chi connectivity index (χ0v) is 8.60. The third-order valence-corrected chi connectivity index (χ3v) is 2.13. The fourth-order valence-corrected chi connectivity index (χ4v) is 1.19. The van der Waals surface area contributed by atoms with E-state index in [-0.39, 0.29) is 6.07 Å². The number of nitrogens with one attached hydrogen (secondary N) is 1. The maximum atomic E-state index is 12.3. The van der Waals surface area contributed by atoms with Gasteiger partial charge in [-0.1, -0.05) is 0 Å². The van der Waals surface area contributed by atoms with Gasteiger partial charge >= 0.3 is 12.1 Å². The molecule has 0 radical (unpaired) electrons. The average molecular weight is 267 g/mol. The minimum atomic E-state index is -4.77. The minimum absolute atomic E-state index is 0.287. The SMILES string of the molecule is O=C(O)C(O)C(O)c1cc(C(F)(F)F)c[nH]c1=O. The lowest BCUT2D eigenvalue weighted by atomic mass is 10.0. The van der Waals surface area contributed by atoms with Gasteiger partial charge in [0.25, 0.3) is 5.56 Å². The smallest absolute Gasteiger partial charge is 0.417 e. The van der Waals surface area contributed by atoms with Gasteiger partial charge in [0.1, 0.15) is 6.10 Å². The largest absolute Gasteiger partial charge is 0.479 e. The summed E-state index contributed by atoms with van der Waals surface area (Å²) < 4.78 is 37.0. The van der Waals surface area contributed by atoms with Crippen LogP contribution in [0.4, 0.5) is 13.2 Å². The predicted molar refractivity (Wildman–Crippen MR) is 50.7 cm³/mol. The zero-order valence-electron chi connectivity index (χ0n) is 8.60. The summed E-state index contributed by atoms with van der Waals surface area (Å²) in [6, 6.07) is 0.287. The van der Waals surface area contributed by atoms with Crippen LogP contribution in [0.1, 0.15) is 17.2 Å². The van der Waals surface area contributed by atoms with Crippen molar-refractivity contribution < 1.29 is 33.3 Å². The second kappa shape index (κ2) is 4.78. The molecule has 0 aliphatic heterocycles. The van der Waals surface area contributed by atoms with Gasteiger partial charge in [-0.3, -0.25) is 4.79 Å². The molecule has 1 rings (SSSR count). The summed E-state index contributed by atoms with van der Waals surface area (Å²) in [5, 5.41) is 26.7. The summed E-state index contributed by atoms with van der Waals surface area (Å²) in [4.78, 5) is 23.3. The summed E-state index contributed by atoms with van der Waals surface area (Å²) in [6.07, 6.45) is -9.04. The molecule has 4 N–H and O–H groups in total. The maximum Gasteiger partial charge on any atom is 0.417 e. The number of carbonyl (C=O) groups is 1. The first kappa shape index (κ1) is 14.2. The summed E-state index contributed by atoms with van der Waals surface area (Å²) in [7, 11) is 0. The van der Waals surface area contributed by atoms with Crippen molar-refractivity contribution in [2.75, 3.05) is 0 Å². The molecule has 0 saturated heterocycles. The molecular formula is C9H8F3NO5. The topological polar surface area (TPSA) is 111 Å². The van der Waals surface area contributed by atoms with E-state index in [0.29, 0.717) is 6.20 Å². The minimum Gasteiger partial charge on any atom is -0.479 e. The fourth-order valence-electron chi connectivity index (χ4n) is 1.19. The molecule has 100 valence electrons. The van der Waals surface area contributed by atoms with Crippen LogP contribution in [0.25, 0.3) is 0 Å². The third kappa shape index (κ3) is 2.87. The van der Waals surface area contributed by atoms with Crippen molar-refractivity contribution in [2.45, 2.75) is 18.4 Å². The Hall–Kier alpha value is -1.87. The van der Waals surface area contributed by atoms with Gasteiger partial charge in [-0.25, -0.2) is 4.79 Å². The summed E-state index contributed by atoms with van der Waals surface area (Å²) in [5.74, 6) is -1.86. The Morgan fingerprint density at radius 2 is 1.89 bits per heavy atom. The monoisotopic (exact) mass is 267 g/mol. The van der Waals surface area contributed by atoms with E-state index in [9.17, 15) is 27.9 Å². The number of rotatable bonds is 3. The molecule has 6 nitrogen and oxygen atoms in total. The number of aromatic nitrogens is 1. The number of hydrogen-bond donors (Lipinski definition) is 4. The second-order valence-corrected chi connectivity index (χ2v) is 3.40. The summed E-state index contributed by atoms with van der Waals surface area (Å²) in [5.41, 5.74) is -3.26. The highest BCUT2D eigenvalue weighted by atomic mass is 19.4. The van der Waals surface area contributed by atoms with Crippen LogP contribution >= 0.6 is 0 Å². The van der Waals surface area contributed by atoms with Gasteiger partial charge in [0.15, 0.2) is 6.10 Å². The first-order valence-electron chi connectivity index (χ1n) is 4.53.